The lowest BCUT2D eigenvalue weighted by molar-refractivity contribution is -0.121. The first kappa shape index (κ1) is 17.9. The molecule has 0 bridgehead atoms. The molecule has 0 aliphatic heterocycles. The fraction of sp³-hybridized carbons (Fsp3) is 0.238. The minimum Gasteiger partial charge on any atom is -0.350 e. The average molecular weight is 375 g/mol. The molecule has 142 valence electrons. The predicted octanol–water partition coefficient (Wildman–Crippen LogP) is 2.31. The van der Waals surface area contributed by atoms with Crippen LogP contribution in [0.2, 0.25) is 0 Å². The average Bonchev–Trinajstić information content (AvgIpc) is 3.15. The van der Waals surface area contributed by atoms with Gasteiger partial charge in [-0.05, 0) is 24.1 Å². The normalized spacial score (nSPS) is 11.2. The van der Waals surface area contributed by atoms with Crippen LogP contribution in [-0.4, -0.2) is 25.1 Å². The number of nitrogens with one attached hydrogen (secondary N) is 1. The summed E-state index contributed by atoms with van der Waals surface area (Å²) in [7, 11) is 0. The second-order valence-corrected chi connectivity index (χ2v) is 6.67. The molecule has 1 N–H and O–H groups in total. The zero-order valence-corrected chi connectivity index (χ0v) is 15.6. The van der Waals surface area contributed by atoms with Crippen molar-refractivity contribution in [2.75, 3.05) is 0 Å². The Bertz CT molecular complexity index is 1190. The molecule has 1 amide bonds. The summed E-state index contributed by atoms with van der Waals surface area (Å²) in [6.45, 7) is 2.40. The van der Waals surface area contributed by atoms with E-state index in [0.717, 1.165) is 29.7 Å². The van der Waals surface area contributed by atoms with Gasteiger partial charge in [0.05, 0.1) is 11.0 Å². The van der Waals surface area contributed by atoms with E-state index in [0.29, 0.717) is 12.1 Å². The molecule has 0 aliphatic rings. The molecular formula is C21H21N5O2. The SMILES string of the molecule is CCCc1nnc2c(=O)n(CC(=O)NCc3ccccc3)c3ccccc3n12. The van der Waals surface area contributed by atoms with Gasteiger partial charge < -0.3 is 5.32 Å². The summed E-state index contributed by atoms with van der Waals surface area (Å²) >= 11 is 0. The maximum absolute atomic E-state index is 13.0. The number of carbonyl (C=O) groups is 1. The summed E-state index contributed by atoms with van der Waals surface area (Å²) in [5, 5.41) is 11.2. The second kappa shape index (κ2) is 7.64. The summed E-state index contributed by atoms with van der Waals surface area (Å²) in [5.74, 6) is 0.528. The molecule has 0 saturated heterocycles. The number of carbonyl (C=O) groups excluding carboxylic acids is 1. The molecular weight excluding hydrogens is 354 g/mol. The van der Waals surface area contributed by atoms with E-state index in [1.807, 2.05) is 54.6 Å². The Morgan fingerprint density at radius 2 is 1.71 bits per heavy atom. The first-order chi connectivity index (χ1) is 13.7. The molecule has 4 aromatic rings. The summed E-state index contributed by atoms with van der Waals surface area (Å²) in [6.07, 6.45) is 1.63. The van der Waals surface area contributed by atoms with Crippen molar-refractivity contribution in [3.05, 3.63) is 76.3 Å². The van der Waals surface area contributed by atoms with Gasteiger partial charge in [0.1, 0.15) is 12.4 Å². The fourth-order valence-corrected chi connectivity index (χ4v) is 3.36. The van der Waals surface area contributed by atoms with Gasteiger partial charge in [-0.3, -0.25) is 18.6 Å². The molecule has 0 spiro atoms. The molecule has 0 atom stereocenters. The third-order valence-electron chi connectivity index (χ3n) is 4.69. The zero-order valence-electron chi connectivity index (χ0n) is 15.6. The van der Waals surface area contributed by atoms with E-state index in [-0.39, 0.29) is 23.7 Å². The Balaban J connectivity index is 1.71. The minimum atomic E-state index is -0.316. The Morgan fingerprint density at radius 1 is 1.00 bits per heavy atom. The van der Waals surface area contributed by atoms with Crippen LogP contribution in [0.5, 0.6) is 0 Å². The van der Waals surface area contributed by atoms with Gasteiger partial charge in [-0.15, -0.1) is 10.2 Å². The van der Waals surface area contributed by atoms with Crippen LogP contribution in [0.4, 0.5) is 0 Å². The van der Waals surface area contributed by atoms with Crippen molar-refractivity contribution in [3.63, 3.8) is 0 Å². The molecule has 0 radical (unpaired) electrons. The lowest BCUT2D eigenvalue weighted by atomic mass is 10.2. The number of para-hydroxylation sites is 2. The number of fused-ring (bicyclic) bond motifs is 3. The molecule has 0 aliphatic carbocycles. The van der Waals surface area contributed by atoms with Crippen LogP contribution in [0.15, 0.2) is 59.4 Å². The predicted molar refractivity (Wildman–Crippen MR) is 107 cm³/mol. The lowest BCUT2D eigenvalue weighted by Crippen LogP contribution is -2.33. The smallest absolute Gasteiger partial charge is 0.297 e. The monoisotopic (exact) mass is 375 g/mol. The maximum atomic E-state index is 13.0. The molecule has 7 nitrogen and oxygen atoms in total. The van der Waals surface area contributed by atoms with Gasteiger partial charge in [-0.25, -0.2) is 0 Å². The van der Waals surface area contributed by atoms with Crippen LogP contribution < -0.4 is 10.9 Å². The van der Waals surface area contributed by atoms with Gasteiger partial charge in [0.25, 0.3) is 5.56 Å². The van der Waals surface area contributed by atoms with Crippen molar-refractivity contribution in [1.82, 2.24) is 24.5 Å². The van der Waals surface area contributed by atoms with E-state index < -0.39 is 0 Å². The molecule has 2 aromatic carbocycles. The van der Waals surface area contributed by atoms with Gasteiger partial charge in [-0.1, -0.05) is 49.4 Å². The third-order valence-corrected chi connectivity index (χ3v) is 4.69. The molecule has 0 fully saturated rings. The third kappa shape index (κ3) is 3.26. The molecule has 4 rings (SSSR count). The summed E-state index contributed by atoms with van der Waals surface area (Å²) < 4.78 is 3.27. The highest BCUT2D eigenvalue weighted by Gasteiger charge is 2.17. The lowest BCUT2D eigenvalue weighted by Gasteiger charge is -2.12. The standard InChI is InChI=1S/C21H21N5O2/c1-2-8-18-23-24-20-21(28)25(16-11-6-7-12-17(16)26(18)20)14-19(27)22-13-15-9-4-3-5-10-15/h3-7,9-12H,2,8,13-14H2,1H3,(H,22,27). The van der Waals surface area contributed by atoms with Crippen molar-refractivity contribution < 1.29 is 4.79 Å². The van der Waals surface area contributed by atoms with Crippen molar-refractivity contribution in [2.24, 2.45) is 0 Å². The van der Waals surface area contributed by atoms with E-state index in [1.54, 1.807) is 4.40 Å². The molecule has 2 aromatic heterocycles. The minimum absolute atomic E-state index is 0.0708. The van der Waals surface area contributed by atoms with Gasteiger partial charge in [-0.2, -0.15) is 0 Å². The van der Waals surface area contributed by atoms with Crippen LogP contribution in [0, 0.1) is 0 Å². The molecule has 0 saturated carbocycles. The molecule has 28 heavy (non-hydrogen) atoms. The first-order valence-corrected chi connectivity index (χ1v) is 9.35. The Morgan fingerprint density at radius 3 is 2.46 bits per heavy atom. The van der Waals surface area contributed by atoms with Crippen molar-refractivity contribution in [3.8, 4) is 0 Å². The van der Waals surface area contributed by atoms with E-state index in [1.165, 1.54) is 4.57 Å². The summed E-state index contributed by atoms with van der Waals surface area (Å²) in [6, 6.07) is 17.2. The second-order valence-electron chi connectivity index (χ2n) is 6.67. The van der Waals surface area contributed by atoms with Crippen molar-refractivity contribution in [2.45, 2.75) is 32.9 Å². The molecule has 7 heteroatoms. The van der Waals surface area contributed by atoms with Gasteiger partial charge in [0, 0.05) is 13.0 Å². The van der Waals surface area contributed by atoms with Crippen LogP contribution in [0.1, 0.15) is 24.7 Å². The highest BCUT2D eigenvalue weighted by molar-refractivity contribution is 5.82. The van der Waals surface area contributed by atoms with Crippen molar-refractivity contribution in [1.29, 1.82) is 0 Å². The summed E-state index contributed by atoms with van der Waals surface area (Å²) in [5.41, 5.74) is 2.44. The number of aromatic nitrogens is 4. The number of hydrogen-bond donors (Lipinski definition) is 1. The van der Waals surface area contributed by atoms with Crippen molar-refractivity contribution >= 4 is 22.6 Å². The number of aryl methyl sites for hydroxylation is 1. The topological polar surface area (TPSA) is 81.3 Å². The largest absolute Gasteiger partial charge is 0.350 e. The van der Waals surface area contributed by atoms with Crippen LogP contribution >= 0.6 is 0 Å². The van der Waals surface area contributed by atoms with Gasteiger partial charge >= 0.3 is 0 Å². The first-order valence-electron chi connectivity index (χ1n) is 9.35. The number of benzene rings is 2. The number of nitrogens with zero attached hydrogens (tertiary/aromatic N) is 4. The van der Waals surface area contributed by atoms with Gasteiger partial charge in [0.2, 0.25) is 11.6 Å². The fourth-order valence-electron chi connectivity index (χ4n) is 3.36. The van der Waals surface area contributed by atoms with E-state index in [9.17, 15) is 9.59 Å². The maximum Gasteiger partial charge on any atom is 0.297 e. The number of hydrogen-bond acceptors (Lipinski definition) is 4. The van der Waals surface area contributed by atoms with E-state index in [2.05, 4.69) is 22.4 Å². The summed E-state index contributed by atoms with van der Waals surface area (Å²) in [4.78, 5) is 25.5. The Kier molecular flexibility index (Phi) is 4.89. The quantitative estimate of drug-likeness (QED) is 0.561. The highest BCUT2D eigenvalue weighted by atomic mass is 16.2. The number of rotatable bonds is 6. The molecule has 2 heterocycles. The van der Waals surface area contributed by atoms with Crippen LogP contribution in [0.3, 0.4) is 0 Å². The van der Waals surface area contributed by atoms with Crippen LogP contribution in [0.25, 0.3) is 16.7 Å². The number of amides is 1. The zero-order chi connectivity index (χ0) is 19.5. The molecule has 0 unspecified atom stereocenters. The Labute approximate surface area is 161 Å². The van der Waals surface area contributed by atoms with Gasteiger partial charge in [0.15, 0.2) is 0 Å². The van der Waals surface area contributed by atoms with Crippen LogP contribution in [-0.2, 0) is 24.3 Å². The Hall–Kier alpha value is -3.48. The van der Waals surface area contributed by atoms with E-state index in [4.69, 9.17) is 0 Å². The highest BCUT2D eigenvalue weighted by Crippen LogP contribution is 2.16. The van der Waals surface area contributed by atoms with E-state index >= 15 is 0 Å².